The molecule has 3 rings (SSSR count). The Morgan fingerprint density at radius 3 is 2.46 bits per heavy atom. The Labute approximate surface area is 137 Å². The summed E-state index contributed by atoms with van der Waals surface area (Å²) in [6.45, 7) is -0.0437. The second-order valence-electron chi connectivity index (χ2n) is 5.13. The monoisotopic (exact) mass is 323 g/mol. The Morgan fingerprint density at radius 1 is 1.00 bits per heavy atom. The van der Waals surface area contributed by atoms with Gasteiger partial charge in [0.15, 0.2) is 0 Å². The topological polar surface area (TPSA) is 64.0 Å². The first kappa shape index (κ1) is 15.6. The van der Waals surface area contributed by atoms with Crippen molar-refractivity contribution in [2.24, 2.45) is 0 Å². The van der Waals surface area contributed by atoms with Crippen molar-refractivity contribution >= 4 is 11.6 Å². The molecule has 0 spiro atoms. The first-order valence-corrected chi connectivity index (χ1v) is 7.31. The Hall–Kier alpha value is -3.28. The quantitative estimate of drug-likeness (QED) is 0.803. The van der Waals surface area contributed by atoms with Gasteiger partial charge in [-0.2, -0.15) is 5.10 Å². The summed E-state index contributed by atoms with van der Waals surface area (Å²) in [6, 6.07) is 17.6. The van der Waals surface area contributed by atoms with Crippen molar-refractivity contribution in [3.05, 3.63) is 94.2 Å². The van der Waals surface area contributed by atoms with Gasteiger partial charge in [-0.25, -0.2) is 9.07 Å². The maximum Gasteiger partial charge on any atom is 0.276 e. The maximum absolute atomic E-state index is 13.7. The van der Waals surface area contributed by atoms with E-state index in [-0.39, 0.29) is 12.2 Å². The lowest BCUT2D eigenvalue weighted by molar-refractivity contribution is 0.102. The van der Waals surface area contributed by atoms with E-state index in [1.807, 2.05) is 6.07 Å². The van der Waals surface area contributed by atoms with E-state index >= 15 is 0 Å². The predicted octanol–water partition coefficient (Wildman–Crippen LogP) is 2.68. The van der Waals surface area contributed by atoms with Gasteiger partial charge in [0.1, 0.15) is 11.5 Å². The van der Waals surface area contributed by atoms with E-state index in [0.717, 1.165) is 4.68 Å². The molecule has 0 aliphatic heterocycles. The highest BCUT2D eigenvalue weighted by atomic mass is 19.1. The number of nitrogens with one attached hydrogen (secondary N) is 1. The summed E-state index contributed by atoms with van der Waals surface area (Å²) in [6.07, 6.45) is 0. The molecule has 5 nitrogen and oxygen atoms in total. The summed E-state index contributed by atoms with van der Waals surface area (Å²) < 4.78 is 14.8. The van der Waals surface area contributed by atoms with E-state index < -0.39 is 17.3 Å². The second-order valence-corrected chi connectivity index (χ2v) is 5.13. The van der Waals surface area contributed by atoms with Gasteiger partial charge < -0.3 is 5.32 Å². The number of rotatable bonds is 4. The Bertz CT molecular complexity index is 923. The van der Waals surface area contributed by atoms with Crippen LogP contribution in [0.2, 0.25) is 0 Å². The lowest BCUT2D eigenvalue weighted by Crippen LogP contribution is -2.26. The molecule has 1 heterocycles. The zero-order valence-electron chi connectivity index (χ0n) is 12.6. The third-order valence-electron chi connectivity index (χ3n) is 3.41. The van der Waals surface area contributed by atoms with Crippen LogP contribution in [0, 0.1) is 5.82 Å². The van der Waals surface area contributed by atoms with Gasteiger partial charge in [-0.15, -0.1) is 0 Å². The molecule has 0 unspecified atom stereocenters. The molecule has 0 bridgehead atoms. The van der Waals surface area contributed by atoms with Crippen LogP contribution in [0.25, 0.3) is 0 Å². The van der Waals surface area contributed by atoms with Crippen LogP contribution in [-0.4, -0.2) is 15.7 Å². The van der Waals surface area contributed by atoms with E-state index in [9.17, 15) is 14.0 Å². The van der Waals surface area contributed by atoms with Crippen LogP contribution in [-0.2, 0) is 6.54 Å². The molecule has 0 atom stereocenters. The number of benzene rings is 2. The predicted molar refractivity (Wildman–Crippen MR) is 88.4 cm³/mol. The average Bonchev–Trinajstić information content (AvgIpc) is 2.59. The molecule has 0 aliphatic carbocycles. The van der Waals surface area contributed by atoms with E-state index in [4.69, 9.17) is 0 Å². The number of anilines is 1. The fraction of sp³-hybridized carbons (Fsp3) is 0.0556. The van der Waals surface area contributed by atoms with Crippen LogP contribution >= 0.6 is 0 Å². The highest BCUT2D eigenvalue weighted by Gasteiger charge is 2.11. The fourth-order valence-corrected chi connectivity index (χ4v) is 2.19. The van der Waals surface area contributed by atoms with Crippen molar-refractivity contribution in [2.75, 3.05) is 5.32 Å². The lowest BCUT2D eigenvalue weighted by atomic mass is 10.2. The van der Waals surface area contributed by atoms with Gasteiger partial charge in [-0.3, -0.25) is 9.59 Å². The molecular formula is C18H14FN3O2. The van der Waals surface area contributed by atoms with Crippen molar-refractivity contribution in [1.29, 1.82) is 0 Å². The first-order chi connectivity index (χ1) is 11.6. The normalized spacial score (nSPS) is 10.4. The van der Waals surface area contributed by atoms with E-state index in [1.165, 1.54) is 18.2 Å². The van der Waals surface area contributed by atoms with Gasteiger partial charge >= 0.3 is 0 Å². The SMILES string of the molecule is O=C(Nc1ccccc1)c1ccc(=O)n(Cc2ccccc2F)n1. The van der Waals surface area contributed by atoms with Gasteiger partial charge in [0.05, 0.1) is 6.54 Å². The minimum absolute atomic E-state index is 0.0437. The number of amides is 1. The number of para-hydroxylation sites is 1. The molecule has 120 valence electrons. The van der Waals surface area contributed by atoms with E-state index in [2.05, 4.69) is 10.4 Å². The number of carbonyl (C=O) groups is 1. The molecule has 0 radical (unpaired) electrons. The standard InChI is InChI=1S/C18H14FN3O2/c19-15-9-5-4-6-13(15)12-22-17(23)11-10-16(21-22)18(24)20-14-7-2-1-3-8-14/h1-11H,12H2,(H,20,24). The highest BCUT2D eigenvalue weighted by molar-refractivity contribution is 6.02. The van der Waals surface area contributed by atoms with Crippen molar-refractivity contribution in [2.45, 2.75) is 6.54 Å². The zero-order chi connectivity index (χ0) is 16.9. The van der Waals surface area contributed by atoms with Crippen molar-refractivity contribution in [1.82, 2.24) is 9.78 Å². The van der Waals surface area contributed by atoms with Gasteiger partial charge in [-0.1, -0.05) is 36.4 Å². The number of hydrogen-bond acceptors (Lipinski definition) is 3. The molecule has 2 aromatic carbocycles. The molecule has 0 fully saturated rings. The third kappa shape index (κ3) is 3.55. The zero-order valence-corrected chi connectivity index (χ0v) is 12.6. The van der Waals surface area contributed by atoms with Gasteiger partial charge in [0.25, 0.3) is 11.5 Å². The number of hydrogen-bond donors (Lipinski definition) is 1. The molecule has 3 aromatic rings. The molecule has 1 N–H and O–H groups in total. The van der Waals surface area contributed by atoms with Gasteiger partial charge in [0, 0.05) is 17.3 Å². The molecule has 1 aromatic heterocycles. The summed E-state index contributed by atoms with van der Waals surface area (Å²) in [7, 11) is 0. The first-order valence-electron chi connectivity index (χ1n) is 7.31. The number of aromatic nitrogens is 2. The van der Waals surface area contributed by atoms with Gasteiger partial charge in [-0.05, 0) is 24.3 Å². The van der Waals surface area contributed by atoms with Crippen LogP contribution in [0.4, 0.5) is 10.1 Å². The number of carbonyl (C=O) groups excluding carboxylic acids is 1. The van der Waals surface area contributed by atoms with Crippen molar-refractivity contribution in [3.8, 4) is 0 Å². The largest absolute Gasteiger partial charge is 0.321 e. The summed E-state index contributed by atoms with van der Waals surface area (Å²) in [5.74, 6) is -0.867. The summed E-state index contributed by atoms with van der Waals surface area (Å²) in [4.78, 5) is 24.1. The van der Waals surface area contributed by atoms with Crippen LogP contribution < -0.4 is 10.9 Å². The van der Waals surface area contributed by atoms with Crippen LogP contribution in [0.15, 0.2) is 71.5 Å². The average molecular weight is 323 g/mol. The maximum atomic E-state index is 13.7. The molecule has 0 saturated carbocycles. The summed E-state index contributed by atoms with van der Waals surface area (Å²) in [5.41, 5.74) is 0.619. The molecule has 6 heteroatoms. The number of halogens is 1. The number of nitrogens with zero attached hydrogens (tertiary/aromatic N) is 2. The molecule has 0 saturated heterocycles. The van der Waals surface area contributed by atoms with Crippen LogP contribution in [0.5, 0.6) is 0 Å². The second kappa shape index (κ2) is 6.87. The van der Waals surface area contributed by atoms with Crippen LogP contribution in [0.3, 0.4) is 0 Å². The minimum atomic E-state index is -0.441. The Morgan fingerprint density at radius 2 is 1.71 bits per heavy atom. The van der Waals surface area contributed by atoms with Crippen molar-refractivity contribution < 1.29 is 9.18 Å². The summed E-state index contributed by atoms with van der Waals surface area (Å²) >= 11 is 0. The Kier molecular flexibility index (Phi) is 4.47. The van der Waals surface area contributed by atoms with Crippen molar-refractivity contribution in [3.63, 3.8) is 0 Å². The van der Waals surface area contributed by atoms with E-state index in [1.54, 1.807) is 42.5 Å². The molecule has 24 heavy (non-hydrogen) atoms. The van der Waals surface area contributed by atoms with Gasteiger partial charge in [0.2, 0.25) is 0 Å². The lowest BCUT2D eigenvalue weighted by Gasteiger charge is -2.08. The Balaban J connectivity index is 1.85. The molecular weight excluding hydrogens is 309 g/mol. The highest BCUT2D eigenvalue weighted by Crippen LogP contribution is 2.08. The summed E-state index contributed by atoms with van der Waals surface area (Å²) in [5, 5.41) is 6.72. The molecule has 1 amide bonds. The fourth-order valence-electron chi connectivity index (χ4n) is 2.19. The third-order valence-corrected chi connectivity index (χ3v) is 3.41. The minimum Gasteiger partial charge on any atom is -0.321 e. The smallest absolute Gasteiger partial charge is 0.276 e. The molecule has 0 aliphatic rings. The van der Waals surface area contributed by atoms with Crippen LogP contribution in [0.1, 0.15) is 16.1 Å². The van der Waals surface area contributed by atoms with E-state index in [0.29, 0.717) is 11.3 Å².